The average Bonchev–Trinajstić information content (AvgIpc) is 2.48. The maximum Gasteiger partial charge on any atom is 0.319 e. The maximum absolute atomic E-state index is 12.1. The van der Waals surface area contributed by atoms with Crippen LogP contribution in [-0.4, -0.2) is 43.3 Å². The molecule has 1 aromatic heterocycles. The van der Waals surface area contributed by atoms with E-state index in [0.29, 0.717) is 18.9 Å². The molecular weight excluding hydrogens is 250 g/mol. The standard InChI is InChI=1S/C12H17N3O4/c1-17-11-9(7-13-12(15-11)18-2)14-10(16)8-3-5-19-6-4-8/h7-8H,3-6H2,1-2H3,(H,14,16). The summed E-state index contributed by atoms with van der Waals surface area (Å²) in [5, 5.41) is 2.78. The van der Waals surface area contributed by atoms with E-state index >= 15 is 0 Å². The number of carbonyl (C=O) groups excluding carboxylic acids is 1. The van der Waals surface area contributed by atoms with Crippen LogP contribution in [0, 0.1) is 5.92 Å². The number of carbonyl (C=O) groups is 1. The summed E-state index contributed by atoms with van der Waals surface area (Å²) in [5.41, 5.74) is 0.444. The maximum atomic E-state index is 12.1. The number of anilines is 1. The number of ether oxygens (including phenoxy) is 3. The van der Waals surface area contributed by atoms with Crippen LogP contribution in [0.4, 0.5) is 5.69 Å². The lowest BCUT2D eigenvalue weighted by Crippen LogP contribution is -2.28. The molecular formula is C12H17N3O4. The third-order valence-corrected chi connectivity index (χ3v) is 2.96. The largest absolute Gasteiger partial charge is 0.479 e. The Labute approximate surface area is 111 Å². The number of amides is 1. The Bertz CT molecular complexity index is 447. The molecule has 1 saturated heterocycles. The number of aromatic nitrogens is 2. The first kappa shape index (κ1) is 13.5. The van der Waals surface area contributed by atoms with Crippen molar-refractivity contribution in [2.45, 2.75) is 12.8 Å². The monoisotopic (exact) mass is 267 g/mol. The van der Waals surface area contributed by atoms with Gasteiger partial charge in [-0.15, -0.1) is 0 Å². The molecule has 1 N–H and O–H groups in total. The van der Waals surface area contributed by atoms with Gasteiger partial charge in [-0.2, -0.15) is 4.98 Å². The van der Waals surface area contributed by atoms with E-state index in [4.69, 9.17) is 14.2 Å². The van der Waals surface area contributed by atoms with Crippen molar-refractivity contribution in [3.63, 3.8) is 0 Å². The summed E-state index contributed by atoms with van der Waals surface area (Å²) in [6, 6.07) is 0.195. The van der Waals surface area contributed by atoms with Crippen molar-refractivity contribution >= 4 is 11.6 Å². The fourth-order valence-corrected chi connectivity index (χ4v) is 1.89. The second-order valence-corrected chi connectivity index (χ2v) is 4.16. The Morgan fingerprint density at radius 2 is 2.11 bits per heavy atom. The zero-order chi connectivity index (χ0) is 13.7. The molecule has 0 saturated carbocycles. The van der Waals surface area contributed by atoms with Crippen LogP contribution in [0.5, 0.6) is 11.9 Å². The molecule has 2 heterocycles. The minimum absolute atomic E-state index is 0.0412. The number of rotatable bonds is 4. The minimum atomic E-state index is -0.0598. The first-order chi connectivity index (χ1) is 9.24. The number of methoxy groups -OCH3 is 2. The van der Waals surface area contributed by atoms with E-state index in [2.05, 4.69) is 15.3 Å². The summed E-state index contributed by atoms with van der Waals surface area (Å²) in [5.74, 6) is 0.184. The Balaban J connectivity index is 2.07. The SMILES string of the molecule is COc1ncc(NC(=O)C2CCOCC2)c(OC)n1. The predicted molar refractivity (Wildman–Crippen MR) is 67.3 cm³/mol. The highest BCUT2D eigenvalue weighted by Crippen LogP contribution is 2.24. The topological polar surface area (TPSA) is 82.6 Å². The molecule has 1 aliphatic rings. The van der Waals surface area contributed by atoms with Gasteiger partial charge in [0.25, 0.3) is 0 Å². The van der Waals surface area contributed by atoms with Gasteiger partial charge in [0, 0.05) is 19.1 Å². The molecule has 0 bridgehead atoms. The van der Waals surface area contributed by atoms with Crippen LogP contribution in [0.15, 0.2) is 6.20 Å². The van der Waals surface area contributed by atoms with Crippen molar-refractivity contribution in [3.05, 3.63) is 6.20 Å². The quantitative estimate of drug-likeness (QED) is 0.871. The van der Waals surface area contributed by atoms with Crippen LogP contribution in [0.3, 0.4) is 0 Å². The van der Waals surface area contributed by atoms with E-state index in [1.165, 1.54) is 20.4 Å². The van der Waals surface area contributed by atoms with Gasteiger partial charge in [-0.1, -0.05) is 0 Å². The lowest BCUT2D eigenvalue weighted by Gasteiger charge is -2.21. The lowest BCUT2D eigenvalue weighted by molar-refractivity contribution is -0.122. The molecule has 1 amide bonds. The first-order valence-corrected chi connectivity index (χ1v) is 6.08. The van der Waals surface area contributed by atoms with Crippen LogP contribution in [0.2, 0.25) is 0 Å². The molecule has 2 rings (SSSR count). The molecule has 0 aromatic carbocycles. The molecule has 104 valence electrons. The van der Waals surface area contributed by atoms with E-state index < -0.39 is 0 Å². The van der Waals surface area contributed by atoms with E-state index in [9.17, 15) is 4.79 Å². The fourth-order valence-electron chi connectivity index (χ4n) is 1.89. The third kappa shape index (κ3) is 3.31. The highest BCUT2D eigenvalue weighted by molar-refractivity contribution is 5.93. The summed E-state index contributed by atoms with van der Waals surface area (Å²) in [6.45, 7) is 1.24. The third-order valence-electron chi connectivity index (χ3n) is 2.96. The van der Waals surface area contributed by atoms with Crippen LogP contribution in [0.25, 0.3) is 0 Å². The van der Waals surface area contributed by atoms with Crippen molar-refractivity contribution in [3.8, 4) is 11.9 Å². The van der Waals surface area contributed by atoms with Gasteiger partial charge in [-0.05, 0) is 12.8 Å². The summed E-state index contributed by atoms with van der Waals surface area (Å²) < 4.78 is 15.2. The molecule has 7 nitrogen and oxygen atoms in total. The van der Waals surface area contributed by atoms with Gasteiger partial charge in [-0.25, -0.2) is 4.98 Å². The summed E-state index contributed by atoms with van der Waals surface area (Å²) in [7, 11) is 2.95. The highest BCUT2D eigenvalue weighted by atomic mass is 16.5. The zero-order valence-electron chi connectivity index (χ0n) is 11.0. The Kier molecular flexibility index (Phi) is 4.51. The van der Waals surface area contributed by atoms with E-state index in [1.807, 2.05) is 0 Å². The van der Waals surface area contributed by atoms with Gasteiger partial charge in [0.1, 0.15) is 5.69 Å². The Morgan fingerprint density at radius 1 is 1.37 bits per heavy atom. The van der Waals surface area contributed by atoms with Crippen LogP contribution in [-0.2, 0) is 9.53 Å². The molecule has 1 aliphatic heterocycles. The highest BCUT2D eigenvalue weighted by Gasteiger charge is 2.23. The second kappa shape index (κ2) is 6.33. The lowest BCUT2D eigenvalue weighted by atomic mass is 9.99. The molecule has 0 radical (unpaired) electrons. The number of hydrogen-bond donors (Lipinski definition) is 1. The molecule has 0 aliphatic carbocycles. The van der Waals surface area contributed by atoms with Crippen molar-refractivity contribution in [1.29, 1.82) is 0 Å². The van der Waals surface area contributed by atoms with Crippen molar-refractivity contribution < 1.29 is 19.0 Å². The molecule has 0 unspecified atom stereocenters. The number of nitrogens with zero attached hydrogens (tertiary/aromatic N) is 2. The van der Waals surface area contributed by atoms with Gasteiger partial charge in [0.2, 0.25) is 11.8 Å². The smallest absolute Gasteiger partial charge is 0.319 e. The van der Waals surface area contributed by atoms with Gasteiger partial charge < -0.3 is 19.5 Å². The number of hydrogen-bond acceptors (Lipinski definition) is 6. The van der Waals surface area contributed by atoms with Gasteiger partial charge in [-0.3, -0.25) is 4.79 Å². The van der Waals surface area contributed by atoms with E-state index in [0.717, 1.165) is 12.8 Å². The molecule has 0 spiro atoms. The average molecular weight is 267 g/mol. The zero-order valence-corrected chi connectivity index (χ0v) is 11.0. The van der Waals surface area contributed by atoms with E-state index in [-0.39, 0.29) is 23.7 Å². The normalized spacial score (nSPS) is 15.9. The molecule has 19 heavy (non-hydrogen) atoms. The van der Waals surface area contributed by atoms with Gasteiger partial charge in [0.15, 0.2) is 0 Å². The minimum Gasteiger partial charge on any atom is -0.479 e. The predicted octanol–water partition coefficient (Wildman–Crippen LogP) is 0.859. The van der Waals surface area contributed by atoms with Gasteiger partial charge >= 0.3 is 6.01 Å². The Hall–Kier alpha value is -1.89. The van der Waals surface area contributed by atoms with Crippen molar-refractivity contribution in [2.75, 3.05) is 32.8 Å². The van der Waals surface area contributed by atoms with Crippen LogP contribution in [0.1, 0.15) is 12.8 Å². The molecule has 1 fully saturated rings. The summed E-state index contributed by atoms with van der Waals surface area (Å²) in [4.78, 5) is 20.0. The second-order valence-electron chi connectivity index (χ2n) is 4.16. The Morgan fingerprint density at radius 3 is 2.74 bits per heavy atom. The summed E-state index contributed by atoms with van der Waals surface area (Å²) >= 11 is 0. The van der Waals surface area contributed by atoms with Crippen LogP contribution >= 0.6 is 0 Å². The first-order valence-electron chi connectivity index (χ1n) is 6.08. The van der Waals surface area contributed by atoms with Gasteiger partial charge in [0.05, 0.1) is 20.4 Å². The number of nitrogens with one attached hydrogen (secondary N) is 1. The molecule has 0 atom stereocenters. The molecule has 7 heteroatoms. The molecule has 1 aromatic rings. The van der Waals surface area contributed by atoms with Crippen molar-refractivity contribution in [1.82, 2.24) is 9.97 Å². The fraction of sp³-hybridized carbons (Fsp3) is 0.583. The van der Waals surface area contributed by atoms with Crippen LogP contribution < -0.4 is 14.8 Å². The van der Waals surface area contributed by atoms with Crippen molar-refractivity contribution in [2.24, 2.45) is 5.92 Å². The summed E-state index contributed by atoms with van der Waals surface area (Å²) in [6.07, 6.45) is 2.93. The van der Waals surface area contributed by atoms with E-state index in [1.54, 1.807) is 0 Å².